The Balaban J connectivity index is 2.92. The largest absolute Gasteiger partial charge is 0.494 e. The number of ether oxygens (including phenoxy) is 1. The molecule has 72 valence electrons. The molecular weight excluding hydrogens is 164 g/mol. The molecule has 1 rings (SSSR count). The molecule has 0 aliphatic heterocycles. The molecule has 13 heavy (non-hydrogen) atoms. The van der Waals surface area contributed by atoms with Crippen molar-refractivity contribution in [2.75, 3.05) is 6.61 Å². The minimum Gasteiger partial charge on any atom is -0.494 e. The second-order valence-corrected chi connectivity index (χ2v) is 3.13. The van der Waals surface area contributed by atoms with E-state index in [1.165, 1.54) is 0 Å². The standard InChI is InChI=1S/C11H16O2/c1-4-13-10-5-6-11(9(3)12)8(2)7-10/h5-7,9,12H,4H2,1-3H3/t9-/m0/s1. The highest BCUT2D eigenvalue weighted by atomic mass is 16.5. The summed E-state index contributed by atoms with van der Waals surface area (Å²) in [5.74, 6) is 0.865. The molecule has 0 bridgehead atoms. The molecule has 0 aromatic heterocycles. The molecule has 1 aromatic carbocycles. The van der Waals surface area contributed by atoms with Crippen molar-refractivity contribution >= 4 is 0 Å². The van der Waals surface area contributed by atoms with E-state index < -0.39 is 6.10 Å². The van der Waals surface area contributed by atoms with Crippen molar-refractivity contribution in [1.29, 1.82) is 0 Å². The van der Waals surface area contributed by atoms with Crippen LogP contribution in [0.5, 0.6) is 5.75 Å². The average molecular weight is 180 g/mol. The molecule has 0 amide bonds. The summed E-state index contributed by atoms with van der Waals surface area (Å²) in [6.45, 7) is 6.37. The third-order valence-corrected chi connectivity index (χ3v) is 2.00. The van der Waals surface area contributed by atoms with Crippen LogP contribution in [-0.2, 0) is 0 Å². The summed E-state index contributed by atoms with van der Waals surface area (Å²) in [6.07, 6.45) is -0.407. The number of benzene rings is 1. The molecule has 0 saturated heterocycles. The Kier molecular flexibility index (Phi) is 3.32. The maximum atomic E-state index is 9.38. The topological polar surface area (TPSA) is 29.5 Å². The van der Waals surface area contributed by atoms with Gasteiger partial charge in [-0.05, 0) is 44.0 Å². The van der Waals surface area contributed by atoms with E-state index in [9.17, 15) is 5.11 Å². The summed E-state index contributed by atoms with van der Waals surface area (Å²) in [4.78, 5) is 0. The van der Waals surface area contributed by atoms with E-state index in [-0.39, 0.29) is 0 Å². The smallest absolute Gasteiger partial charge is 0.119 e. The van der Waals surface area contributed by atoms with Crippen LogP contribution < -0.4 is 4.74 Å². The second-order valence-electron chi connectivity index (χ2n) is 3.13. The third-order valence-electron chi connectivity index (χ3n) is 2.00. The van der Waals surface area contributed by atoms with Crippen LogP contribution in [-0.4, -0.2) is 11.7 Å². The monoisotopic (exact) mass is 180 g/mol. The Morgan fingerprint density at radius 3 is 2.62 bits per heavy atom. The fourth-order valence-corrected chi connectivity index (χ4v) is 1.37. The van der Waals surface area contributed by atoms with Gasteiger partial charge in [0.25, 0.3) is 0 Å². The van der Waals surface area contributed by atoms with Gasteiger partial charge in [-0.2, -0.15) is 0 Å². The van der Waals surface area contributed by atoms with Crippen LogP contribution >= 0.6 is 0 Å². The van der Waals surface area contributed by atoms with E-state index in [0.717, 1.165) is 16.9 Å². The summed E-state index contributed by atoms with van der Waals surface area (Å²) in [5.41, 5.74) is 2.03. The molecule has 0 saturated carbocycles. The lowest BCUT2D eigenvalue weighted by Gasteiger charge is -2.10. The number of aryl methyl sites for hydroxylation is 1. The van der Waals surface area contributed by atoms with Crippen LogP contribution in [0.15, 0.2) is 18.2 Å². The molecular formula is C11H16O2. The molecule has 0 aliphatic rings. The third kappa shape index (κ3) is 2.46. The fourth-order valence-electron chi connectivity index (χ4n) is 1.37. The SMILES string of the molecule is CCOc1ccc([C@H](C)O)c(C)c1. The van der Waals surface area contributed by atoms with Crippen molar-refractivity contribution < 1.29 is 9.84 Å². The lowest BCUT2D eigenvalue weighted by molar-refractivity contribution is 0.198. The summed E-state index contributed by atoms with van der Waals surface area (Å²) in [6, 6.07) is 5.75. The molecule has 1 aromatic rings. The van der Waals surface area contributed by atoms with Gasteiger partial charge in [0.15, 0.2) is 0 Å². The predicted octanol–water partition coefficient (Wildman–Crippen LogP) is 2.45. The molecule has 0 aliphatic carbocycles. The summed E-state index contributed by atoms with van der Waals surface area (Å²) in [7, 11) is 0. The lowest BCUT2D eigenvalue weighted by Crippen LogP contribution is -1.97. The fraction of sp³-hybridized carbons (Fsp3) is 0.455. The van der Waals surface area contributed by atoms with Gasteiger partial charge in [-0.3, -0.25) is 0 Å². The molecule has 2 heteroatoms. The Labute approximate surface area is 79.2 Å². The number of hydrogen-bond acceptors (Lipinski definition) is 2. The van der Waals surface area contributed by atoms with Gasteiger partial charge in [-0.25, -0.2) is 0 Å². The first-order chi connectivity index (χ1) is 6.15. The Bertz CT molecular complexity index is 279. The first kappa shape index (κ1) is 10.1. The summed E-state index contributed by atoms with van der Waals surface area (Å²) >= 11 is 0. The summed E-state index contributed by atoms with van der Waals surface area (Å²) in [5, 5.41) is 9.38. The number of aliphatic hydroxyl groups is 1. The number of hydrogen-bond donors (Lipinski definition) is 1. The predicted molar refractivity (Wildman–Crippen MR) is 53.0 cm³/mol. The van der Waals surface area contributed by atoms with Gasteiger partial charge in [0.2, 0.25) is 0 Å². The van der Waals surface area contributed by atoms with Crippen molar-refractivity contribution in [3.8, 4) is 5.75 Å². The van der Waals surface area contributed by atoms with Crippen LogP contribution in [0.2, 0.25) is 0 Å². The van der Waals surface area contributed by atoms with Crippen LogP contribution in [0, 0.1) is 6.92 Å². The maximum absolute atomic E-state index is 9.38. The average Bonchev–Trinajstić information content (AvgIpc) is 2.04. The first-order valence-electron chi connectivity index (χ1n) is 4.56. The van der Waals surface area contributed by atoms with Crippen molar-refractivity contribution in [3.63, 3.8) is 0 Å². The van der Waals surface area contributed by atoms with Crippen molar-refractivity contribution in [2.24, 2.45) is 0 Å². The Hall–Kier alpha value is -1.02. The molecule has 1 N–H and O–H groups in total. The maximum Gasteiger partial charge on any atom is 0.119 e. The number of aliphatic hydroxyl groups excluding tert-OH is 1. The van der Waals surface area contributed by atoms with Gasteiger partial charge < -0.3 is 9.84 Å². The van der Waals surface area contributed by atoms with E-state index in [1.54, 1.807) is 6.92 Å². The molecule has 0 heterocycles. The molecule has 0 fully saturated rings. The van der Waals surface area contributed by atoms with Crippen LogP contribution in [0.3, 0.4) is 0 Å². The highest BCUT2D eigenvalue weighted by Gasteiger charge is 2.05. The Morgan fingerprint density at radius 2 is 2.15 bits per heavy atom. The van der Waals surface area contributed by atoms with Crippen LogP contribution in [0.1, 0.15) is 31.1 Å². The molecule has 1 atom stereocenters. The molecule has 0 unspecified atom stereocenters. The van der Waals surface area contributed by atoms with Gasteiger partial charge in [0, 0.05) is 0 Å². The highest BCUT2D eigenvalue weighted by molar-refractivity contribution is 5.35. The van der Waals surface area contributed by atoms with Gasteiger partial charge >= 0.3 is 0 Å². The molecule has 2 nitrogen and oxygen atoms in total. The van der Waals surface area contributed by atoms with Crippen molar-refractivity contribution in [3.05, 3.63) is 29.3 Å². The Morgan fingerprint density at radius 1 is 1.46 bits per heavy atom. The van der Waals surface area contributed by atoms with Crippen LogP contribution in [0.25, 0.3) is 0 Å². The summed E-state index contributed by atoms with van der Waals surface area (Å²) < 4.78 is 5.34. The van der Waals surface area contributed by atoms with Gasteiger partial charge in [0.1, 0.15) is 5.75 Å². The second kappa shape index (κ2) is 4.28. The quantitative estimate of drug-likeness (QED) is 0.774. The van der Waals surface area contributed by atoms with E-state index in [4.69, 9.17) is 4.74 Å². The van der Waals surface area contributed by atoms with Gasteiger partial charge in [-0.1, -0.05) is 6.07 Å². The minimum atomic E-state index is -0.407. The van der Waals surface area contributed by atoms with Gasteiger partial charge in [0.05, 0.1) is 12.7 Å². The normalized spacial score (nSPS) is 12.6. The zero-order chi connectivity index (χ0) is 9.84. The molecule has 0 radical (unpaired) electrons. The van der Waals surface area contributed by atoms with E-state index in [0.29, 0.717) is 6.61 Å². The zero-order valence-corrected chi connectivity index (χ0v) is 8.37. The van der Waals surface area contributed by atoms with Crippen molar-refractivity contribution in [2.45, 2.75) is 26.9 Å². The highest BCUT2D eigenvalue weighted by Crippen LogP contribution is 2.22. The minimum absolute atomic E-state index is 0.407. The zero-order valence-electron chi connectivity index (χ0n) is 8.37. The molecule has 0 spiro atoms. The van der Waals surface area contributed by atoms with Crippen LogP contribution in [0.4, 0.5) is 0 Å². The lowest BCUT2D eigenvalue weighted by atomic mass is 10.0. The van der Waals surface area contributed by atoms with Gasteiger partial charge in [-0.15, -0.1) is 0 Å². The number of rotatable bonds is 3. The van der Waals surface area contributed by atoms with E-state index in [2.05, 4.69) is 0 Å². The van der Waals surface area contributed by atoms with E-state index in [1.807, 2.05) is 32.0 Å². The van der Waals surface area contributed by atoms with Crippen molar-refractivity contribution in [1.82, 2.24) is 0 Å². The van der Waals surface area contributed by atoms with E-state index >= 15 is 0 Å². The first-order valence-corrected chi connectivity index (χ1v) is 4.56.